The fourth-order valence-corrected chi connectivity index (χ4v) is 3.39. The van der Waals surface area contributed by atoms with Crippen molar-refractivity contribution in [3.8, 4) is 5.75 Å². The van der Waals surface area contributed by atoms with Gasteiger partial charge in [0, 0.05) is 24.2 Å². The van der Waals surface area contributed by atoms with Crippen molar-refractivity contribution in [1.82, 2.24) is 10.2 Å². The van der Waals surface area contributed by atoms with E-state index in [0.717, 1.165) is 32.4 Å². The van der Waals surface area contributed by atoms with Gasteiger partial charge in [-0.15, -0.1) is 0 Å². The van der Waals surface area contributed by atoms with E-state index in [9.17, 15) is 14.4 Å². The van der Waals surface area contributed by atoms with Gasteiger partial charge in [0.2, 0.25) is 5.91 Å². The van der Waals surface area contributed by atoms with Gasteiger partial charge in [0.05, 0.1) is 5.69 Å². The van der Waals surface area contributed by atoms with Crippen LogP contribution in [0, 0.1) is 0 Å². The molecule has 2 aliphatic rings. The Hall–Kier alpha value is -2.57. The predicted octanol–water partition coefficient (Wildman–Crippen LogP) is 1.95. The summed E-state index contributed by atoms with van der Waals surface area (Å²) in [6.07, 6.45) is 3.17. The maximum atomic E-state index is 12.8. The van der Waals surface area contributed by atoms with Gasteiger partial charge in [-0.25, -0.2) is 0 Å². The maximum absolute atomic E-state index is 12.8. The van der Waals surface area contributed by atoms with Gasteiger partial charge in [-0.2, -0.15) is 0 Å². The first-order valence-corrected chi connectivity index (χ1v) is 9.42. The summed E-state index contributed by atoms with van der Waals surface area (Å²) in [6, 6.07) is 5.08. The van der Waals surface area contributed by atoms with Crippen molar-refractivity contribution in [3.05, 3.63) is 23.8 Å². The van der Waals surface area contributed by atoms with E-state index >= 15 is 0 Å². The summed E-state index contributed by atoms with van der Waals surface area (Å²) in [5.41, 5.74) is 0.592. The first kappa shape index (κ1) is 19.2. The number of nitrogens with one attached hydrogen (secondary N) is 1. The third-order valence-electron chi connectivity index (χ3n) is 4.61. The van der Waals surface area contributed by atoms with Crippen LogP contribution in [-0.2, 0) is 9.59 Å². The van der Waals surface area contributed by atoms with E-state index in [1.807, 2.05) is 25.7 Å². The Morgan fingerprint density at radius 2 is 1.85 bits per heavy atom. The lowest BCUT2D eigenvalue weighted by Crippen LogP contribution is -2.49. The molecule has 3 amide bonds. The average molecular weight is 373 g/mol. The summed E-state index contributed by atoms with van der Waals surface area (Å²) in [5, 5.41) is 2.86. The highest BCUT2D eigenvalue weighted by Crippen LogP contribution is 2.33. The van der Waals surface area contributed by atoms with E-state index in [0.29, 0.717) is 17.0 Å². The van der Waals surface area contributed by atoms with Crippen LogP contribution in [0.3, 0.4) is 0 Å². The SMILES string of the molecule is CC(C)(C)NC(=O)CN1C(=O)COc2ccc(C(=O)N3CCCCC3)cc21. The molecule has 3 rings (SSSR count). The maximum Gasteiger partial charge on any atom is 0.265 e. The minimum absolute atomic E-state index is 0.0467. The number of fused-ring (bicyclic) bond motifs is 1. The smallest absolute Gasteiger partial charge is 0.265 e. The number of carbonyl (C=O) groups excluding carboxylic acids is 3. The van der Waals surface area contributed by atoms with E-state index < -0.39 is 0 Å². The Kier molecular flexibility index (Phi) is 5.39. The monoisotopic (exact) mass is 373 g/mol. The van der Waals surface area contributed by atoms with Gasteiger partial charge in [-0.1, -0.05) is 0 Å². The normalized spacial score (nSPS) is 17.2. The van der Waals surface area contributed by atoms with E-state index in [2.05, 4.69) is 5.32 Å². The number of likely N-dealkylation sites (tertiary alicyclic amines) is 1. The fraction of sp³-hybridized carbons (Fsp3) is 0.550. The molecule has 0 aliphatic carbocycles. The number of benzene rings is 1. The molecular weight excluding hydrogens is 346 g/mol. The molecule has 7 nitrogen and oxygen atoms in total. The van der Waals surface area contributed by atoms with Gasteiger partial charge in [0.15, 0.2) is 6.61 Å². The predicted molar refractivity (Wildman–Crippen MR) is 102 cm³/mol. The lowest BCUT2D eigenvalue weighted by Gasteiger charge is -2.31. The highest BCUT2D eigenvalue weighted by molar-refractivity contribution is 6.04. The van der Waals surface area contributed by atoms with Crippen molar-refractivity contribution >= 4 is 23.4 Å². The molecule has 0 bridgehead atoms. The van der Waals surface area contributed by atoms with Crippen LogP contribution >= 0.6 is 0 Å². The molecule has 0 spiro atoms. The Labute approximate surface area is 159 Å². The second-order valence-corrected chi connectivity index (χ2v) is 8.10. The van der Waals surface area contributed by atoms with Gasteiger partial charge in [0.1, 0.15) is 12.3 Å². The first-order valence-electron chi connectivity index (χ1n) is 9.42. The summed E-state index contributed by atoms with van der Waals surface area (Å²) in [5.74, 6) is -0.0893. The van der Waals surface area contributed by atoms with Gasteiger partial charge in [-0.05, 0) is 58.2 Å². The Morgan fingerprint density at radius 3 is 2.52 bits per heavy atom. The second-order valence-electron chi connectivity index (χ2n) is 8.10. The van der Waals surface area contributed by atoms with Crippen LogP contribution in [0.2, 0.25) is 0 Å². The summed E-state index contributed by atoms with van der Waals surface area (Å²) in [4.78, 5) is 40.7. The summed E-state index contributed by atoms with van der Waals surface area (Å²) in [6.45, 7) is 6.94. The zero-order valence-corrected chi connectivity index (χ0v) is 16.2. The molecule has 2 heterocycles. The summed E-state index contributed by atoms with van der Waals surface area (Å²) < 4.78 is 5.48. The van der Waals surface area contributed by atoms with Crippen molar-refractivity contribution in [2.45, 2.75) is 45.6 Å². The molecule has 0 aromatic heterocycles. The second kappa shape index (κ2) is 7.58. The van der Waals surface area contributed by atoms with Crippen LogP contribution in [-0.4, -0.2) is 54.4 Å². The summed E-state index contributed by atoms with van der Waals surface area (Å²) >= 11 is 0. The Balaban J connectivity index is 1.83. The Morgan fingerprint density at radius 1 is 1.15 bits per heavy atom. The van der Waals surface area contributed by atoms with Gasteiger partial charge in [-0.3, -0.25) is 19.3 Å². The van der Waals surface area contributed by atoms with Crippen molar-refractivity contribution in [2.75, 3.05) is 31.1 Å². The van der Waals surface area contributed by atoms with Crippen LogP contribution in [0.5, 0.6) is 5.75 Å². The van der Waals surface area contributed by atoms with E-state index in [1.165, 1.54) is 4.90 Å². The van der Waals surface area contributed by atoms with Crippen molar-refractivity contribution < 1.29 is 19.1 Å². The fourth-order valence-electron chi connectivity index (χ4n) is 3.39. The van der Waals surface area contributed by atoms with Crippen LogP contribution in [0.1, 0.15) is 50.4 Å². The first-order chi connectivity index (χ1) is 12.7. The summed E-state index contributed by atoms with van der Waals surface area (Å²) in [7, 11) is 0. The molecule has 1 N–H and O–H groups in total. The van der Waals surface area contributed by atoms with Crippen LogP contribution in [0.4, 0.5) is 5.69 Å². The minimum atomic E-state index is -0.388. The van der Waals surface area contributed by atoms with E-state index in [4.69, 9.17) is 4.74 Å². The zero-order valence-electron chi connectivity index (χ0n) is 16.2. The molecule has 27 heavy (non-hydrogen) atoms. The number of amides is 3. The third-order valence-corrected chi connectivity index (χ3v) is 4.61. The number of rotatable bonds is 3. The molecular formula is C20H27N3O4. The van der Waals surface area contributed by atoms with Crippen LogP contribution in [0.25, 0.3) is 0 Å². The molecule has 1 aromatic rings. The van der Waals surface area contributed by atoms with Crippen LogP contribution in [0.15, 0.2) is 18.2 Å². The molecule has 1 saturated heterocycles. The molecule has 1 fully saturated rings. The number of hydrogen-bond donors (Lipinski definition) is 1. The zero-order chi connectivity index (χ0) is 19.6. The molecule has 0 atom stereocenters. The van der Waals surface area contributed by atoms with Crippen molar-refractivity contribution in [3.63, 3.8) is 0 Å². The molecule has 0 unspecified atom stereocenters. The van der Waals surface area contributed by atoms with Gasteiger partial charge in [0.25, 0.3) is 11.8 Å². The number of nitrogens with zero attached hydrogens (tertiary/aromatic N) is 2. The molecule has 0 saturated carbocycles. The van der Waals surface area contributed by atoms with E-state index in [-0.39, 0.29) is 36.4 Å². The average Bonchev–Trinajstić information content (AvgIpc) is 2.62. The number of hydrogen-bond acceptors (Lipinski definition) is 4. The van der Waals surface area contributed by atoms with Gasteiger partial charge >= 0.3 is 0 Å². The quantitative estimate of drug-likeness (QED) is 0.878. The number of anilines is 1. The third kappa shape index (κ3) is 4.59. The highest BCUT2D eigenvalue weighted by atomic mass is 16.5. The standard InChI is InChI=1S/C20H27N3O4/c1-20(2,3)21-17(24)12-23-15-11-14(7-8-16(15)27-13-18(23)25)19(26)22-9-5-4-6-10-22/h7-8,11H,4-6,9-10,12-13H2,1-3H3,(H,21,24). The lowest BCUT2D eigenvalue weighted by atomic mass is 10.1. The number of ether oxygens (including phenoxy) is 1. The number of carbonyl (C=O) groups is 3. The molecule has 7 heteroatoms. The molecule has 0 radical (unpaired) electrons. The highest BCUT2D eigenvalue weighted by Gasteiger charge is 2.30. The Bertz CT molecular complexity index is 748. The molecule has 2 aliphatic heterocycles. The van der Waals surface area contributed by atoms with Crippen molar-refractivity contribution in [1.29, 1.82) is 0 Å². The van der Waals surface area contributed by atoms with Gasteiger partial charge < -0.3 is 15.0 Å². The minimum Gasteiger partial charge on any atom is -0.482 e. The molecule has 1 aromatic carbocycles. The lowest BCUT2D eigenvalue weighted by molar-refractivity contribution is -0.126. The van der Waals surface area contributed by atoms with Crippen LogP contribution < -0.4 is 15.0 Å². The molecule has 146 valence electrons. The largest absolute Gasteiger partial charge is 0.482 e. The topological polar surface area (TPSA) is 79.0 Å². The number of piperidine rings is 1. The van der Waals surface area contributed by atoms with Crippen molar-refractivity contribution in [2.24, 2.45) is 0 Å². The van der Waals surface area contributed by atoms with E-state index in [1.54, 1.807) is 18.2 Å².